The average molecular weight is 543 g/mol. The zero-order valence-electron chi connectivity index (χ0n) is 19.1. The fourth-order valence-electron chi connectivity index (χ4n) is 4.92. The minimum Gasteiger partial charge on any atom is -0.376 e. The Balaban J connectivity index is 0.00000272. The second-order valence-corrected chi connectivity index (χ2v) is 8.86. The van der Waals surface area contributed by atoms with Gasteiger partial charge < -0.3 is 24.6 Å². The number of hydrogen-bond donors (Lipinski definition) is 1. The van der Waals surface area contributed by atoms with Crippen molar-refractivity contribution in [2.24, 2.45) is 4.99 Å². The summed E-state index contributed by atoms with van der Waals surface area (Å²) in [5, 5.41) is 3.62. The maximum atomic E-state index is 6.16. The molecule has 0 aromatic heterocycles. The number of benzene rings is 1. The van der Waals surface area contributed by atoms with Crippen molar-refractivity contribution in [2.75, 3.05) is 51.3 Å². The topological polar surface area (TPSA) is 49.3 Å². The van der Waals surface area contributed by atoms with Crippen LogP contribution in [-0.4, -0.2) is 75.5 Å². The summed E-state index contributed by atoms with van der Waals surface area (Å²) in [6.45, 7) is 7.95. The number of halogens is 1. The second-order valence-electron chi connectivity index (χ2n) is 8.86. The normalized spacial score (nSPS) is 23.3. The molecule has 1 aromatic carbocycles. The summed E-state index contributed by atoms with van der Waals surface area (Å²) < 4.78 is 12.0. The highest BCUT2D eigenvalue weighted by molar-refractivity contribution is 14.0. The number of aliphatic imine (C=N–C) groups is 1. The maximum Gasteiger partial charge on any atom is 0.193 e. The van der Waals surface area contributed by atoms with Gasteiger partial charge in [0, 0.05) is 51.6 Å². The fourth-order valence-corrected chi connectivity index (χ4v) is 4.92. The molecule has 3 aliphatic rings. The highest BCUT2D eigenvalue weighted by Gasteiger charge is 2.26. The number of guanidine groups is 1. The summed E-state index contributed by atoms with van der Waals surface area (Å²) in [5.74, 6) is 1.02. The molecule has 2 atom stereocenters. The quantitative estimate of drug-likeness (QED) is 0.338. The van der Waals surface area contributed by atoms with Gasteiger partial charge in [0.1, 0.15) is 0 Å². The minimum absolute atomic E-state index is 0. The Morgan fingerprint density at radius 1 is 1.19 bits per heavy atom. The maximum absolute atomic E-state index is 6.16. The van der Waals surface area contributed by atoms with Gasteiger partial charge in [-0.05, 0) is 57.1 Å². The summed E-state index contributed by atoms with van der Waals surface area (Å²) in [6.07, 6.45) is 7.54. The Labute approximate surface area is 204 Å². The zero-order chi connectivity index (χ0) is 20.8. The van der Waals surface area contributed by atoms with Crippen molar-refractivity contribution in [2.45, 2.75) is 63.7 Å². The first-order chi connectivity index (χ1) is 14.7. The first kappa shape index (κ1) is 24.6. The van der Waals surface area contributed by atoms with Crippen LogP contribution in [0.5, 0.6) is 0 Å². The third-order valence-electron chi connectivity index (χ3n) is 6.76. The molecule has 31 heavy (non-hydrogen) atoms. The molecular formula is C24H39IN4O2. The molecule has 0 saturated carbocycles. The molecule has 7 heteroatoms. The molecule has 2 saturated heterocycles. The van der Waals surface area contributed by atoms with E-state index in [1.165, 1.54) is 24.1 Å². The molecule has 1 N–H and O–H groups in total. The summed E-state index contributed by atoms with van der Waals surface area (Å²) in [6, 6.07) is 9.21. The Morgan fingerprint density at radius 3 is 2.74 bits per heavy atom. The number of nitrogens with zero attached hydrogens (tertiary/aromatic N) is 3. The van der Waals surface area contributed by atoms with E-state index < -0.39 is 0 Å². The van der Waals surface area contributed by atoms with Crippen LogP contribution in [0.4, 0.5) is 5.69 Å². The van der Waals surface area contributed by atoms with E-state index in [1.807, 2.05) is 7.05 Å². The van der Waals surface area contributed by atoms with Crippen LogP contribution in [0.1, 0.15) is 44.6 Å². The van der Waals surface area contributed by atoms with Gasteiger partial charge in [-0.1, -0.05) is 18.2 Å². The number of likely N-dealkylation sites (tertiary alicyclic amines) is 1. The monoisotopic (exact) mass is 542 g/mol. The predicted molar refractivity (Wildman–Crippen MR) is 138 cm³/mol. The van der Waals surface area contributed by atoms with Crippen molar-refractivity contribution in [3.63, 3.8) is 0 Å². The van der Waals surface area contributed by atoms with Gasteiger partial charge in [-0.3, -0.25) is 4.99 Å². The van der Waals surface area contributed by atoms with Crippen molar-refractivity contribution >= 4 is 35.6 Å². The highest BCUT2D eigenvalue weighted by atomic mass is 127. The second kappa shape index (κ2) is 12.3. The van der Waals surface area contributed by atoms with Gasteiger partial charge in [0.2, 0.25) is 0 Å². The summed E-state index contributed by atoms with van der Waals surface area (Å²) in [5.41, 5.74) is 2.86. The number of nitrogens with one attached hydrogen (secondary N) is 1. The molecule has 174 valence electrons. The number of rotatable bonds is 6. The Morgan fingerprint density at radius 2 is 2.00 bits per heavy atom. The SMILES string of the molecule is CN=C(NCC(C)N1CCc2ccccc21)N1CCC(OCC2CCCCO2)CC1.I. The number of fused-ring (bicyclic) bond motifs is 1. The van der Waals surface area contributed by atoms with E-state index in [0.29, 0.717) is 18.2 Å². The highest BCUT2D eigenvalue weighted by Crippen LogP contribution is 2.29. The lowest BCUT2D eigenvalue weighted by molar-refractivity contribution is -0.0721. The van der Waals surface area contributed by atoms with Gasteiger partial charge in [-0.2, -0.15) is 0 Å². The molecule has 4 rings (SSSR count). The van der Waals surface area contributed by atoms with Crippen LogP contribution < -0.4 is 10.2 Å². The lowest BCUT2D eigenvalue weighted by Crippen LogP contribution is -2.50. The predicted octanol–water partition coefficient (Wildman–Crippen LogP) is 3.68. The van der Waals surface area contributed by atoms with Crippen LogP contribution in [0.25, 0.3) is 0 Å². The zero-order valence-corrected chi connectivity index (χ0v) is 21.4. The summed E-state index contributed by atoms with van der Waals surface area (Å²) >= 11 is 0. The van der Waals surface area contributed by atoms with Gasteiger partial charge >= 0.3 is 0 Å². The van der Waals surface area contributed by atoms with E-state index in [4.69, 9.17) is 9.47 Å². The fraction of sp³-hybridized carbons (Fsp3) is 0.708. The number of anilines is 1. The molecule has 0 amide bonds. The molecular weight excluding hydrogens is 503 g/mol. The van der Waals surface area contributed by atoms with Gasteiger partial charge in [-0.15, -0.1) is 24.0 Å². The number of piperidine rings is 1. The molecule has 2 unspecified atom stereocenters. The van der Waals surface area contributed by atoms with E-state index in [1.54, 1.807) is 0 Å². The third-order valence-corrected chi connectivity index (χ3v) is 6.76. The largest absolute Gasteiger partial charge is 0.376 e. The van der Waals surface area contributed by atoms with E-state index in [0.717, 1.165) is 71.0 Å². The van der Waals surface area contributed by atoms with Crippen LogP contribution >= 0.6 is 24.0 Å². The molecule has 0 radical (unpaired) electrons. The van der Waals surface area contributed by atoms with E-state index in [2.05, 4.69) is 51.3 Å². The van der Waals surface area contributed by atoms with Gasteiger partial charge in [0.25, 0.3) is 0 Å². The molecule has 0 bridgehead atoms. The van der Waals surface area contributed by atoms with Crippen LogP contribution in [0, 0.1) is 0 Å². The van der Waals surface area contributed by atoms with Crippen molar-refractivity contribution in [3.05, 3.63) is 29.8 Å². The van der Waals surface area contributed by atoms with Crippen LogP contribution in [0.3, 0.4) is 0 Å². The van der Waals surface area contributed by atoms with Gasteiger partial charge in [0.05, 0.1) is 18.8 Å². The van der Waals surface area contributed by atoms with E-state index >= 15 is 0 Å². The molecule has 3 heterocycles. The number of ether oxygens (including phenoxy) is 2. The summed E-state index contributed by atoms with van der Waals surface area (Å²) in [7, 11) is 1.89. The van der Waals surface area contributed by atoms with Crippen molar-refractivity contribution in [3.8, 4) is 0 Å². The van der Waals surface area contributed by atoms with Crippen molar-refractivity contribution in [1.29, 1.82) is 0 Å². The van der Waals surface area contributed by atoms with Crippen LogP contribution in [-0.2, 0) is 15.9 Å². The number of para-hydroxylation sites is 1. The molecule has 0 spiro atoms. The molecule has 2 fully saturated rings. The molecule has 6 nitrogen and oxygen atoms in total. The minimum atomic E-state index is 0. The standard InChI is InChI=1S/C24H38N4O2.HI/c1-19(28-15-10-20-7-3-4-9-23(20)28)17-26-24(25-2)27-13-11-21(12-14-27)30-18-22-8-5-6-16-29-22;/h3-4,7,9,19,21-22H,5-6,8,10-18H2,1-2H3,(H,25,26);1H. The molecule has 3 aliphatic heterocycles. The number of hydrogen-bond acceptors (Lipinski definition) is 4. The van der Waals surface area contributed by atoms with Crippen molar-refractivity contribution < 1.29 is 9.47 Å². The van der Waals surface area contributed by atoms with Crippen LogP contribution in [0.15, 0.2) is 29.3 Å². The Hall–Kier alpha value is -1.06. The third kappa shape index (κ3) is 6.48. The van der Waals surface area contributed by atoms with Crippen molar-refractivity contribution in [1.82, 2.24) is 10.2 Å². The lowest BCUT2D eigenvalue weighted by atomic mass is 10.1. The smallest absolute Gasteiger partial charge is 0.193 e. The molecule has 1 aromatic rings. The van der Waals surface area contributed by atoms with E-state index in [-0.39, 0.29) is 24.0 Å². The van der Waals surface area contributed by atoms with Gasteiger partial charge in [0.15, 0.2) is 5.96 Å². The van der Waals surface area contributed by atoms with Gasteiger partial charge in [-0.25, -0.2) is 0 Å². The first-order valence-corrected chi connectivity index (χ1v) is 11.8. The van der Waals surface area contributed by atoms with Crippen LogP contribution in [0.2, 0.25) is 0 Å². The average Bonchev–Trinajstić information content (AvgIpc) is 3.24. The Bertz CT molecular complexity index is 703. The Kier molecular flexibility index (Phi) is 9.72. The molecule has 0 aliphatic carbocycles. The van der Waals surface area contributed by atoms with E-state index in [9.17, 15) is 0 Å². The lowest BCUT2D eigenvalue weighted by Gasteiger charge is -2.36. The summed E-state index contributed by atoms with van der Waals surface area (Å²) in [4.78, 5) is 9.44. The first-order valence-electron chi connectivity index (χ1n) is 11.8.